The Morgan fingerprint density at radius 3 is 2.63 bits per heavy atom. The molecule has 0 saturated carbocycles. The molecule has 0 saturated heterocycles. The molecule has 2 aromatic carbocycles. The van der Waals surface area contributed by atoms with Crippen LogP contribution < -0.4 is 0 Å². The van der Waals surface area contributed by atoms with Gasteiger partial charge in [-0.1, -0.05) is 42.5 Å². The monoisotopic (exact) mass is 353 g/mol. The van der Waals surface area contributed by atoms with E-state index in [1.165, 1.54) is 0 Å². The molecule has 3 heterocycles. The quantitative estimate of drug-likeness (QED) is 0.442. The van der Waals surface area contributed by atoms with Gasteiger partial charge in [-0.25, -0.2) is 9.37 Å². The van der Waals surface area contributed by atoms with E-state index in [0.717, 1.165) is 33.3 Å². The normalized spacial score (nSPS) is 11.3. The Bertz CT molecular complexity index is 1260. The van der Waals surface area contributed by atoms with Crippen LogP contribution in [0.25, 0.3) is 27.7 Å². The van der Waals surface area contributed by atoms with Crippen molar-refractivity contribution in [1.82, 2.24) is 14.4 Å². The highest BCUT2D eigenvalue weighted by atomic mass is 19.1. The zero-order chi connectivity index (χ0) is 18.2. The second kappa shape index (κ2) is 6.32. The Morgan fingerprint density at radius 2 is 1.74 bits per heavy atom. The van der Waals surface area contributed by atoms with Gasteiger partial charge in [-0.15, -0.1) is 0 Å². The average Bonchev–Trinajstić information content (AvgIpc) is 3.12. The van der Waals surface area contributed by atoms with E-state index in [-0.39, 0.29) is 5.82 Å². The molecule has 130 valence electrons. The molecular formula is C23H16FN3. The second-order valence-corrected chi connectivity index (χ2v) is 6.59. The Balaban J connectivity index is 1.59. The minimum absolute atomic E-state index is 0.315. The highest BCUT2D eigenvalue weighted by Gasteiger charge is 2.11. The summed E-state index contributed by atoms with van der Waals surface area (Å²) < 4.78 is 16.5. The van der Waals surface area contributed by atoms with E-state index >= 15 is 0 Å². The van der Waals surface area contributed by atoms with Gasteiger partial charge in [0.25, 0.3) is 0 Å². The third-order valence-corrected chi connectivity index (χ3v) is 4.80. The van der Waals surface area contributed by atoms with Crippen LogP contribution in [-0.4, -0.2) is 14.4 Å². The van der Waals surface area contributed by atoms with Gasteiger partial charge in [-0.2, -0.15) is 0 Å². The van der Waals surface area contributed by atoms with E-state index in [0.29, 0.717) is 12.1 Å². The molecule has 3 nitrogen and oxygen atoms in total. The van der Waals surface area contributed by atoms with E-state index in [4.69, 9.17) is 0 Å². The Kier molecular flexibility index (Phi) is 3.68. The van der Waals surface area contributed by atoms with E-state index in [9.17, 15) is 4.39 Å². The number of hydrogen-bond donors (Lipinski definition) is 0. The van der Waals surface area contributed by atoms with Gasteiger partial charge in [0.05, 0.1) is 5.52 Å². The maximum absolute atomic E-state index is 14.6. The molecule has 4 heteroatoms. The minimum atomic E-state index is -0.315. The van der Waals surface area contributed by atoms with Crippen molar-refractivity contribution < 1.29 is 4.39 Å². The van der Waals surface area contributed by atoms with Crippen molar-refractivity contribution in [2.45, 2.75) is 6.42 Å². The maximum atomic E-state index is 14.6. The van der Waals surface area contributed by atoms with Gasteiger partial charge < -0.3 is 4.40 Å². The van der Waals surface area contributed by atoms with Crippen LogP contribution in [0.2, 0.25) is 0 Å². The standard InChI is InChI=1S/C23H16FN3/c24-21-13-19(17-5-2-1-3-6-17)15-27-20(14-26-23(21)27)12-16-8-9-22-18(11-16)7-4-10-25-22/h1-11,13-15H,12H2. The molecule has 3 aromatic heterocycles. The summed E-state index contributed by atoms with van der Waals surface area (Å²) in [6.07, 6.45) is 6.17. The molecule has 5 rings (SSSR count). The van der Waals surface area contributed by atoms with Crippen molar-refractivity contribution in [2.75, 3.05) is 0 Å². The van der Waals surface area contributed by atoms with Crippen LogP contribution in [0, 0.1) is 5.82 Å². The van der Waals surface area contributed by atoms with Crippen molar-refractivity contribution in [3.63, 3.8) is 0 Å². The summed E-state index contributed by atoms with van der Waals surface area (Å²) in [6, 6.07) is 21.6. The lowest BCUT2D eigenvalue weighted by Gasteiger charge is -2.07. The fraction of sp³-hybridized carbons (Fsp3) is 0.0435. The van der Waals surface area contributed by atoms with E-state index in [1.807, 2.05) is 59.1 Å². The third kappa shape index (κ3) is 2.85. The van der Waals surface area contributed by atoms with E-state index in [2.05, 4.69) is 22.1 Å². The molecule has 0 spiro atoms. The van der Waals surface area contributed by atoms with E-state index in [1.54, 1.807) is 18.5 Å². The summed E-state index contributed by atoms with van der Waals surface area (Å²) >= 11 is 0. The summed E-state index contributed by atoms with van der Waals surface area (Å²) in [5.74, 6) is -0.315. The first-order valence-electron chi connectivity index (χ1n) is 8.82. The van der Waals surface area contributed by atoms with Crippen LogP contribution in [0.3, 0.4) is 0 Å². The number of fused-ring (bicyclic) bond motifs is 2. The maximum Gasteiger partial charge on any atom is 0.173 e. The van der Waals surface area contributed by atoms with Crippen LogP contribution in [0.15, 0.2) is 85.3 Å². The molecule has 0 aliphatic heterocycles. The van der Waals surface area contributed by atoms with Crippen LogP contribution in [0.1, 0.15) is 11.3 Å². The zero-order valence-electron chi connectivity index (χ0n) is 14.5. The fourth-order valence-electron chi connectivity index (χ4n) is 3.46. The number of pyridine rings is 2. The number of benzene rings is 2. The number of halogens is 1. The van der Waals surface area contributed by atoms with Crippen LogP contribution in [0.5, 0.6) is 0 Å². The van der Waals surface area contributed by atoms with Crippen molar-refractivity contribution >= 4 is 16.6 Å². The molecule has 0 aliphatic rings. The van der Waals surface area contributed by atoms with Gasteiger partial charge in [-0.05, 0) is 35.4 Å². The summed E-state index contributed by atoms with van der Waals surface area (Å²) in [4.78, 5) is 8.65. The summed E-state index contributed by atoms with van der Waals surface area (Å²) in [6.45, 7) is 0. The van der Waals surface area contributed by atoms with Crippen LogP contribution in [-0.2, 0) is 6.42 Å². The SMILES string of the molecule is Fc1cc(-c2ccccc2)cn2c(Cc3ccc4ncccc4c3)cnc12. The number of rotatable bonds is 3. The van der Waals surface area contributed by atoms with Crippen LogP contribution in [0.4, 0.5) is 4.39 Å². The smallest absolute Gasteiger partial charge is 0.173 e. The Morgan fingerprint density at radius 1 is 0.852 bits per heavy atom. The van der Waals surface area contributed by atoms with Gasteiger partial charge in [0, 0.05) is 41.7 Å². The predicted octanol–water partition coefficient (Wildman–Crippen LogP) is 5.28. The molecule has 0 bridgehead atoms. The lowest BCUT2D eigenvalue weighted by Crippen LogP contribution is -1.97. The average molecular weight is 353 g/mol. The summed E-state index contributed by atoms with van der Waals surface area (Å²) in [5, 5.41) is 1.10. The first-order chi connectivity index (χ1) is 13.3. The molecule has 0 unspecified atom stereocenters. The van der Waals surface area contributed by atoms with Gasteiger partial charge in [0.1, 0.15) is 0 Å². The van der Waals surface area contributed by atoms with Crippen molar-refractivity contribution in [1.29, 1.82) is 0 Å². The summed E-state index contributed by atoms with van der Waals surface area (Å²) in [7, 11) is 0. The van der Waals surface area contributed by atoms with Crippen molar-refractivity contribution in [3.8, 4) is 11.1 Å². The van der Waals surface area contributed by atoms with Crippen LogP contribution >= 0.6 is 0 Å². The first-order valence-corrected chi connectivity index (χ1v) is 8.82. The Hall–Kier alpha value is -3.53. The lowest BCUT2D eigenvalue weighted by atomic mass is 10.1. The Labute approximate surface area is 155 Å². The molecule has 0 radical (unpaired) electrons. The number of nitrogens with zero attached hydrogens (tertiary/aromatic N) is 3. The molecule has 0 atom stereocenters. The van der Waals surface area contributed by atoms with Crippen molar-refractivity contribution in [2.24, 2.45) is 0 Å². The fourth-order valence-corrected chi connectivity index (χ4v) is 3.46. The molecule has 0 fully saturated rings. The van der Waals surface area contributed by atoms with Gasteiger partial charge in [-0.3, -0.25) is 4.98 Å². The third-order valence-electron chi connectivity index (χ3n) is 4.80. The lowest BCUT2D eigenvalue weighted by molar-refractivity contribution is 0.630. The summed E-state index contributed by atoms with van der Waals surface area (Å²) in [5.41, 5.74) is 5.23. The molecular weight excluding hydrogens is 337 g/mol. The zero-order valence-corrected chi connectivity index (χ0v) is 14.5. The molecule has 0 amide bonds. The molecule has 0 aliphatic carbocycles. The molecule has 27 heavy (non-hydrogen) atoms. The van der Waals surface area contributed by atoms with Crippen molar-refractivity contribution in [3.05, 3.63) is 102 Å². The number of aromatic nitrogens is 3. The highest BCUT2D eigenvalue weighted by molar-refractivity contribution is 5.79. The second-order valence-electron chi connectivity index (χ2n) is 6.59. The minimum Gasteiger partial charge on any atom is -0.301 e. The largest absolute Gasteiger partial charge is 0.301 e. The molecule has 0 N–H and O–H groups in total. The first kappa shape index (κ1) is 15.7. The molecule has 5 aromatic rings. The van der Waals surface area contributed by atoms with Gasteiger partial charge >= 0.3 is 0 Å². The topological polar surface area (TPSA) is 30.2 Å². The number of imidazole rings is 1. The van der Waals surface area contributed by atoms with Gasteiger partial charge in [0.15, 0.2) is 11.5 Å². The van der Waals surface area contributed by atoms with E-state index < -0.39 is 0 Å². The number of hydrogen-bond acceptors (Lipinski definition) is 2. The van der Waals surface area contributed by atoms with Gasteiger partial charge in [0.2, 0.25) is 0 Å². The predicted molar refractivity (Wildman–Crippen MR) is 105 cm³/mol. The highest BCUT2D eigenvalue weighted by Crippen LogP contribution is 2.24.